The summed E-state index contributed by atoms with van der Waals surface area (Å²) in [5, 5.41) is 0. The zero-order valence-electron chi connectivity index (χ0n) is 12.3. The third-order valence-electron chi connectivity index (χ3n) is 3.97. The predicted octanol–water partition coefficient (Wildman–Crippen LogP) is 2.23. The van der Waals surface area contributed by atoms with Crippen LogP contribution < -0.4 is 5.73 Å². The molecule has 4 heteroatoms. The molecular formula is C15H27N3O. The van der Waals surface area contributed by atoms with Gasteiger partial charge < -0.3 is 15.1 Å². The fourth-order valence-electron chi connectivity index (χ4n) is 2.81. The van der Waals surface area contributed by atoms with Crippen molar-refractivity contribution in [1.82, 2.24) is 9.88 Å². The number of oxazole rings is 1. The Morgan fingerprint density at radius 2 is 2.37 bits per heavy atom. The number of hydrogen-bond acceptors (Lipinski definition) is 4. The molecule has 1 aromatic heterocycles. The summed E-state index contributed by atoms with van der Waals surface area (Å²) in [7, 11) is 0. The lowest BCUT2D eigenvalue weighted by atomic mass is 9.94. The van der Waals surface area contributed by atoms with Crippen molar-refractivity contribution in [3.05, 3.63) is 17.8 Å². The van der Waals surface area contributed by atoms with Crippen LogP contribution in [0.1, 0.15) is 44.8 Å². The van der Waals surface area contributed by atoms with Crippen LogP contribution in [0.5, 0.6) is 0 Å². The van der Waals surface area contributed by atoms with Gasteiger partial charge in [-0.3, -0.25) is 0 Å². The molecule has 2 N–H and O–H groups in total. The fraction of sp³-hybridized carbons (Fsp3) is 0.800. The van der Waals surface area contributed by atoms with Crippen LogP contribution in [0.15, 0.2) is 10.6 Å². The Bertz CT molecular complexity index is 375. The minimum Gasteiger partial charge on any atom is -0.446 e. The van der Waals surface area contributed by atoms with Crippen molar-refractivity contribution in [2.24, 2.45) is 11.7 Å². The lowest BCUT2D eigenvalue weighted by Crippen LogP contribution is -2.40. The van der Waals surface area contributed by atoms with E-state index >= 15 is 0 Å². The first-order valence-electron chi connectivity index (χ1n) is 7.56. The first kappa shape index (κ1) is 14.5. The van der Waals surface area contributed by atoms with Crippen LogP contribution in [0.2, 0.25) is 0 Å². The molecule has 4 nitrogen and oxygen atoms in total. The third kappa shape index (κ3) is 4.32. The number of piperidine rings is 1. The van der Waals surface area contributed by atoms with Gasteiger partial charge >= 0.3 is 0 Å². The standard InChI is InChI=1S/C15H27N3O/c1-12(2)18-8-4-5-13(11-18)9-15-17-10-14(19-15)6-3-7-16/h10,12-13H,3-9,11,16H2,1-2H3. The van der Waals surface area contributed by atoms with Crippen molar-refractivity contribution >= 4 is 0 Å². The molecule has 2 heterocycles. The van der Waals surface area contributed by atoms with Crippen LogP contribution in [0.25, 0.3) is 0 Å². The smallest absolute Gasteiger partial charge is 0.194 e. The molecule has 0 spiro atoms. The van der Waals surface area contributed by atoms with Crippen molar-refractivity contribution in [1.29, 1.82) is 0 Å². The van der Waals surface area contributed by atoms with Crippen molar-refractivity contribution in [3.63, 3.8) is 0 Å². The first-order valence-corrected chi connectivity index (χ1v) is 7.56. The zero-order chi connectivity index (χ0) is 13.7. The number of hydrogen-bond donors (Lipinski definition) is 1. The fourth-order valence-corrected chi connectivity index (χ4v) is 2.81. The van der Waals surface area contributed by atoms with Crippen LogP contribution >= 0.6 is 0 Å². The van der Waals surface area contributed by atoms with Crippen molar-refractivity contribution in [2.45, 2.75) is 52.0 Å². The van der Waals surface area contributed by atoms with Gasteiger partial charge in [-0.15, -0.1) is 0 Å². The first-order chi connectivity index (χ1) is 9.19. The predicted molar refractivity (Wildman–Crippen MR) is 77.0 cm³/mol. The van der Waals surface area contributed by atoms with E-state index in [9.17, 15) is 0 Å². The highest BCUT2D eigenvalue weighted by Crippen LogP contribution is 2.22. The second kappa shape index (κ2) is 7.06. The topological polar surface area (TPSA) is 55.3 Å². The highest BCUT2D eigenvalue weighted by Gasteiger charge is 2.23. The average molecular weight is 265 g/mol. The highest BCUT2D eigenvalue weighted by atomic mass is 16.4. The van der Waals surface area contributed by atoms with E-state index in [0.29, 0.717) is 18.5 Å². The van der Waals surface area contributed by atoms with Crippen LogP contribution in [0, 0.1) is 5.92 Å². The van der Waals surface area contributed by atoms with E-state index in [2.05, 4.69) is 23.7 Å². The Hall–Kier alpha value is -0.870. The summed E-state index contributed by atoms with van der Waals surface area (Å²) < 4.78 is 5.80. The van der Waals surface area contributed by atoms with Gasteiger partial charge in [-0.1, -0.05) is 0 Å². The van der Waals surface area contributed by atoms with E-state index in [1.54, 1.807) is 0 Å². The van der Waals surface area contributed by atoms with Gasteiger partial charge in [-0.2, -0.15) is 0 Å². The summed E-state index contributed by atoms with van der Waals surface area (Å²) in [6.45, 7) is 7.68. The number of nitrogens with zero attached hydrogens (tertiary/aromatic N) is 2. The minimum absolute atomic E-state index is 0.646. The number of nitrogens with two attached hydrogens (primary N) is 1. The summed E-state index contributed by atoms with van der Waals surface area (Å²) in [4.78, 5) is 6.97. The second-order valence-corrected chi connectivity index (χ2v) is 5.91. The Labute approximate surface area is 116 Å². The molecule has 1 fully saturated rings. The quantitative estimate of drug-likeness (QED) is 0.857. The van der Waals surface area contributed by atoms with Gasteiger partial charge in [-0.05, 0) is 52.1 Å². The third-order valence-corrected chi connectivity index (χ3v) is 3.97. The molecule has 1 aromatic rings. The molecule has 2 rings (SSSR count). The maximum atomic E-state index is 5.80. The van der Waals surface area contributed by atoms with Crippen LogP contribution in [-0.2, 0) is 12.8 Å². The molecule has 0 amide bonds. The normalized spacial score (nSPS) is 21.2. The van der Waals surface area contributed by atoms with Gasteiger partial charge in [0.25, 0.3) is 0 Å². The average Bonchev–Trinajstić information content (AvgIpc) is 2.84. The number of likely N-dealkylation sites (tertiary alicyclic amines) is 1. The monoisotopic (exact) mass is 265 g/mol. The maximum absolute atomic E-state index is 5.80. The lowest BCUT2D eigenvalue weighted by molar-refractivity contribution is 0.136. The molecular weight excluding hydrogens is 238 g/mol. The summed E-state index contributed by atoms with van der Waals surface area (Å²) in [5.74, 6) is 2.58. The number of rotatable bonds is 6. The van der Waals surface area contributed by atoms with Gasteiger partial charge in [-0.25, -0.2) is 4.98 Å². The molecule has 1 saturated heterocycles. The van der Waals surface area contributed by atoms with Gasteiger partial charge in [0.2, 0.25) is 0 Å². The van der Waals surface area contributed by atoms with Crippen LogP contribution in [0.3, 0.4) is 0 Å². The van der Waals surface area contributed by atoms with E-state index in [4.69, 9.17) is 10.2 Å². The molecule has 0 radical (unpaired) electrons. The lowest BCUT2D eigenvalue weighted by Gasteiger charge is -2.35. The maximum Gasteiger partial charge on any atom is 0.194 e. The number of aryl methyl sites for hydroxylation is 1. The van der Waals surface area contributed by atoms with Crippen molar-refractivity contribution in [2.75, 3.05) is 19.6 Å². The second-order valence-electron chi connectivity index (χ2n) is 5.91. The summed E-state index contributed by atoms with van der Waals surface area (Å²) >= 11 is 0. The molecule has 1 aliphatic rings. The van der Waals surface area contributed by atoms with Gasteiger partial charge in [0, 0.05) is 25.4 Å². The SMILES string of the molecule is CC(C)N1CCCC(Cc2ncc(CCCN)o2)C1. The van der Waals surface area contributed by atoms with E-state index in [0.717, 1.165) is 30.9 Å². The molecule has 0 aliphatic carbocycles. The Kier molecular flexibility index (Phi) is 5.40. The molecule has 108 valence electrons. The largest absolute Gasteiger partial charge is 0.446 e. The van der Waals surface area contributed by atoms with Gasteiger partial charge in [0.05, 0.1) is 6.20 Å². The minimum atomic E-state index is 0.646. The summed E-state index contributed by atoms with van der Waals surface area (Å²) in [5.41, 5.74) is 5.51. The summed E-state index contributed by atoms with van der Waals surface area (Å²) in [6, 6.07) is 0.646. The van der Waals surface area contributed by atoms with Gasteiger partial charge in [0.1, 0.15) is 5.76 Å². The molecule has 1 atom stereocenters. The van der Waals surface area contributed by atoms with E-state index in [1.165, 1.54) is 25.9 Å². The molecule has 0 aromatic carbocycles. The van der Waals surface area contributed by atoms with E-state index in [1.807, 2.05) is 6.20 Å². The Morgan fingerprint density at radius 1 is 1.53 bits per heavy atom. The highest BCUT2D eigenvalue weighted by molar-refractivity contribution is 4.96. The molecule has 1 aliphatic heterocycles. The molecule has 19 heavy (non-hydrogen) atoms. The van der Waals surface area contributed by atoms with Crippen molar-refractivity contribution < 1.29 is 4.42 Å². The Balaban J connectivity index is 1.84. The molecule has 0 saturated carbocycles. The van der Waals surface area contributed by atoms with E-state index in [-0.39, 0.29) is 0 Å². The number of aromatic nitrogens is 1. The molecule has 0 bridgehead atoms. The van der Waals surface area contributed by atoms with Gasteiger partial charge in [0.15, 0.2) is 5.89 Å². The zero-order valence-corrected chi connectivity index (χ0v) is 12.3. The Morgan fingerprint density at radius 3 is 3.11 bits per heavy atom. The molecule has 1 unspecified atom stereocenters. The summed E-state index contributed by atoms with van der Waals surface area (Å²) in [6.07, 6.45) is 7.32. The van der Waals surface area contributed by atoms with Crippen LogP contribution in [-0.4, -0.2) is 35.6 Å². The van der Waals surface area contributed by atoms with Crippen molar-refractivity contribution in [3.8, 4) is 0 Å². The van der Waals surface area contributed by atoms with E-state index < -0.39 is 0 Å². The van der Waals surface area contributed by atoms with Crippen LogP contribution in [0.4, 0.5) is 0 Å².